The minimum absolute atomic E-state index is 0.244. The van der Waals surface area contributed by atoms with Gasteiger partial charge in [0.2, 0.25) is 0 Å². The number of fused-ring (bicyclic) bond motifs is 1. The van der Waals surface area contributed by atoms with E-state index >= 15 is 0 Å². The number of nitrogens with zero attached hydrogens (tertiary/aromatic N) is 4. The third-order valence-electron chi connectivity index (χ3n) is 4.76. The molecule has 1 atom stereocenters. The Morgan fingerprint density at radius 2 is 1.86 bits per heavy atom. The minimum Gasteiger partial charge on any atom is -0.459 e. The number of unbranched alkanes of at least 4 members (excludes halogenated alkanes) is 1. The van der Waals surface area contributed by atoms with Crippen LogP contribution in [-0.4, -0.2) is 30.8 Å². The summed E-state index contributed by atoms with van der Waals surface area (Å²) >= 11 is 0. The fourth-order valence-electron chi connectivity index (χ4n) is 3.18. The number of aryl methyl sites for hydroxylation is 2. The molecule has 8 nitrogen and oxygen atoms in total. The maximum atomic E-state index is 12.6. The van der Waals surface area contributed by atoms with Gasteiger partial charge in [0.1, 0.15) is 0 Å². The lowest BCUT2D eigenvalue weighted by Gasteiger charge is -2.13. The lowest BCUT2D eigenvalue weighted by atomic mass is 10.1. The molecule has 0 amide bonds. The molecule has 1 aromatic carbocycles. The van der Waals surface area contributed by atoms with Crippen LogP contribution in [0.4, 0.5) is 0 Å². The highest BCUT2D eigenvalue weighted by Crippen LogP contribution is 2.10. The van der Waals surface area contributed by atoms with Crippen molar-refractivity contribution in [3.8, 4) is 0 Å². The van der Waals surface area contributed by atoms with Crippen molar-refractivity contribution in [3.63, 3.8) is 0 Å². The first kappa shape index (κ1) is 19.6. The molecule has 2 heterocycles. The zero-order valence-electron chi connectivity index (χ0n) is 16.3. The van der Waals surface area contributed by atoms with Crippen LogP contribution >= 0.6 is 0 Å². The van der Waals surface area contributed by atoms with E-state index in [-0.39, 0.29) is 23.3 Å². The van der Waals surface area contributed by atoms with E-state index < -0.39 is 0 Å². The van der Waals surface area contributed by atoms with Crippen LogP contribution in [0.3, 0.4) is 0 Å². The van der Waals surface area contributed by atoms with Crippen molar-refractivity contribution in [3.05, 3.63) is 63.1 Å². The fraction of sp³-hybridized carbons (Fsp3) is 0.400. The number of ether oxygens (including phenoxy) is 1. The van der Waals surface area contributed by atoms with E-state index in [1.54, 1.807) is 42.9 Å². The number of esters is 1. The smallest absolute Gasteiger partial charge is 0.338 e. The molecule has 8 heteroatoms. The molecule has 0 spiro atoms. The van der Waals surface area contributed by atoms with Gasteiger partial charge >= 0.3 is 11.7 Å². The summed E-state index contributed by atoms with van der Waals surface area (Å²) in [5.41, 5.74) is 0.609. The molecule has 0 unspecified atom stereocenters. The molecular weight excluding hydrogens is 360 g/mol. The topological polar surface area (TPSA) is 88.1 Å². The van der Waals surface area contributed by atoms with Gasteiger partial charge < -0.3 is 9.30 Å². The highest BCUT2D eigenvalue weighted by molar-refractivity contribution is 5.89. The second-order valence-electron chi connectivity index (χ2n) is 6.90. The predicted octanol–water partition coefficient (Wildman–Crippen LogP) is 1.85. The van der Waals surface area contributed by atoms with E-state index in [9.17, 15) is 14.4 Å². The van der Waals surface area contributed by atoms with Gasteiger partial charge in [-0.2, -0.15) is 0 Å². The summed E-state index contributed by atoms with van der Waals surface area (Å²) in [6.45, 7) is 2.15. The van der Waals surface area contributed by atoms with Crippen LogP contribution in [0, 0.1) is 0 Å². The summed E-state index contributed by atoms with van der Waals surface area (Å²) in [7, 11) is 3.34. The van der Waals surface area contributed by atoms with Crippen molar-refractivity contribution in [1.29, 1.82) is 0 Å². The number of carbonyl (C=O) groups excluding carboxylic acids is 1. The highest BCUT2D eigenvalue weighted by atomic mass is 16.5. The Bertz CT molecular complexity index is 1100. The molecule has 0 aliphatic heterocycles. The van der Waals surface area contributed by atoms with Crippen molar-refractivity contribution in [2.75, 3.05) is 0 Å². The molecule has 3 aromatic rings. The maximum Gasteiger partial charge on any atom is 0.338 e. The van der Waals surface area contributed by atoms with E-state index in [0.29, 0.717) is 36.1 Å². The number of carbonyl (C=O) groups is 1. The molecule has 0 saturated carbocycles. The quantitative estimate of drug-likeness (QED) is 0.458. The number of aromatic nitrogens is 4. The monoisotopic (exact) mass is 384 g/mol. The Kier molecular flexibility index (Phi) is 5.77. The summed E-state index contributed by atoms with van der Waals surface area (Å²) in [4.78, 5) is 41.2. The van der Waals surface area contributed by atoms with E-state index in [4.69, 9.17) is 4.74 Å². The number of benzene rings is 1. The van der Waals surface area contributed by atoms with E-state index in [1.165, 1.54) is 15.5 Å². The van der Waals surface area contributed by atoms with Crippen LogP contribution in [-0.2, 0) is 25.4 Å². The average molecular weight is 384 g/mol. The van der Waals surface area contributed by atoms with Gasteiger partial charge in [0.25, 0.3) is 5.56 Å². The standard InChI is InChI=1S/C20H24N4O4/c1-14(28-19(26)15-10-5-4-6-11-15)9-7-8-12-24-18(25)16-17(21-13-22(16)2)23(3)20(24)27/h4-6,10-11,13-14H,7-9,12H2,1-3H3/t14-/m1/s1. The van der Waals surface area contributed by atoms with Crippen molar-refractivity contribution >= 4 is 17.1 Å². The first-order valence-electron chi connectivity index (χ1n) is 9.27. The summed E-state index contributed by atoms with van der Waals surface area (Å²) in [5.74, 6) is -0.347. The number of hydrogen-bond donors (Lipinski definition) is 0. The van der Waals surface area contributed by atoms with Gasteiger partial charge in [0, 0.05) is 20.6 Å². The maximum absolute atomic E-state index is 12.6. The average Bonchev–Trinajstić information content (AvgIpc) is 3.08. The summed E-state index contributed by atoms with van der Waals surface area (Å²) in [5, 5.41) is 0. The molecule has 0 radical (unpaired) electrons. The Labute approximate surface area is 162 Å². The van der Waals surface area contributed by atoms with Crippen LogP contribution in [0.25, 0.3) is 11.2 Å². The molecule has 148 valence electrons. The minimum atomic E-state index is -0.375. The molecule has 0 aliphatic rings. The second kappa shape index (κ2) is 8.24. The van der Waals surface area contributed by atoms with Crippen molar-refractivity contribution in [2.24, 2.45) is 14.1 Å². The van der Waals surface area contributed by atoms with Gasteiger partial charge in [-0.3, -0.25) is 13.9 Å². The van der Waals surface area contributed by atoms with Gasteiger partial charge in [-0.25, -0.2) is 14.6 Å². The summed E-state index contributed by atoms with van der Waals surface area (Å²) in [6, 6.07) is 8.85. The third kappa shape index (κ3) is 3.90. The van der Waals surface area contributed by atoms with Gasteiger partial charge in [0.05, 0.1) is 18.0 Å². The molecule has 3 rings (SSSR count). The van der Waals surface area contributed by atoms with Crippen molar-refractivity contribution < 1.29 is 9.53 Å². The third-order valence-corrected chi connectivity index (χ3v) is 4.76. The zero-order chi connectivity index (χ0) is 20.3. The van der Waals surface area contributed by atoms with Gasteiger partial charge in [-0.1, -0.05) is 18.2 Å². The Morgan fingerprint density at radius 3 is 2.57 bits per heavy atom. The van der Waals surface area contributed by atoms with Gasteiger partial charge in [0.15, 0.2) is 11.2 Å². The van der Waals surface area contributed by atoms with Gasteiger partial charge in [-0.15, -0.1) is 0 Å². The number of hydrogen-bond acceptors (Lipinski definition) is 5. The first-order chi connectivity index (χ1) is 13.4. The molecule has 0 N–H and O–H groups in total. The number of rotatable bonds is 7. The largest absolute Gasteiger partial charge is 0.459 e. The van der Waals surface area contributed by atoms with Crippen molar-refractivity contribution in [1.82, 2.24) is 18.7 Å². The molecule has 0 saturated heterocycles. The van der Waals surface area contributed by atoms with Crippen LogP contribution in [0.1, 0.15) is 36.5 Å². The molecule has 0 bridgehead atoms. The molecule has 2 aromatic heterocycles. The molecular formula is C20H24N4O4. The van der Waals surface area contributed by atoms with Crippen molar-refractivity contribution in [2.45, 2.75) is 38.8 Å². The molecule has 28 heavy (non-hydrogen) atoms. The first-order valence-corrected chi connectivity index (χ1v) is 9.27. The fourth-order valence-corrected chi connectivity index (χ4v) is 3.18. The normalized spacial score (nSPS) is 12.2. The van der Waals surface area contributed by atoms with E-state index in [0.717, 1.165) is 6.42 Å². The predicted molar refractivity (Wildman–Crippen MR) is 105 cm³/mol. The van der Waals surface area contributed by atoms with Crippen LogP contribution in [0.5, 0.6) is 0 Å². The second-order valence-corrected chi connectivity index (χ2v) is 6.90. The van der Waals surface area contributed by atoms with Gasteiger partial charge in [-0.05, 0) is 38.3 Å². The van der Waals surface area contributed by atoms with E-state index in [2.05, 4.69) is 4.98 Å². The Hall–Kier alpha value is -3.16. The lowest BCUT2D eigenvalue weighted by molar-refractivity contribution is 0.0319. The van der Waals surface area contributed by atoms with Crippen LogP contribution in [0.15, 0.2) is 46.2 Å². The Morgan fingerprint density at radius 1 is 1.14 bits per heavy atom. The van der Waals surface area contributed by atoms with E-state index in [1.807, 2.05) is 13.0 Å². The summed E-state index contributed by atoms with van der Waals surface area (Å²) in [6.07, 6.45) is 3.29. The molecule has 0 fully saturated rings. The van der Waals surface area contributed by atoms with Crippen LogP contribution in [0.2, 0.25) is 0 Å². The molecule has 0 aliphatic carbocycles. The van der Waals surface area contributed by atoms with Crippen LogP contribution < -0.4 is 11.2 Å². The lowest BCUT2D eigenvalue weighted by Crippen LogP contribution is -2.39. The number of imidazole rings is 1. The highest BCUT2D eigenvalue weighted by Gasteiger charge is 2.15. The summed E-state index contributed by atoms with van der Waals surface area (Å²) < 4.78 is 9.69. The Balaban J connectivity index is 1.58. The SMILES string of the molecule is C[C@H](CCCCn1c(=O)c2c(ncn2C)n(C)c1=O)OC(=O)c1ccccc1. The zero-order valence-corrected chi connectivity index (χ0v) is 16.3.